The van der Waals surface area contributed by atoms with Gasteiger partial charge in [0.1, 0.15) is 0 Å². The third-order valence-electron chi connectivity index (χ3n) is 2.68. The summed E-state index contributed by atoms with van der Waals surface area (Å²) >= 11 is 5.92. The molecule has 0 bridgehead atoms. The van der Waals surface area contributed by atoms with Crippen LogP contribution in [0.5, 0.6) is 0 Å². The third kappa shape index (κ3) is 2.08. The van der Waals surface area contributed by atoms with Crippen molar-refractivity contribution >= 4 is 11.6 Å². The van der Waals surface area contributed by atoms with E-state index in [1.807, 2.05) is 12.1 Å². The fourth-order valence-electron chi connectivity index (χ4n) is 1.91. The molecule has 76 valence electrons. The van der Waals surface area contributed by atoms with Crippen LogP contribution in [0, 0.1) is 0 Å². The number of aliphatic hydroxyl groups is 1. The molecule has 1 heterocycles. The summed E-state index contributed by atoms with van der Waals surface area (Å²) in [6.45, 7) is 2.96. The van der Waals surface area contributed by atoms with Crippen molar-refractivity contribution in [1.82, 2.24) is 4.90 Å². The van der Waals surface area contributed by atoms with E-state index >= 15 is 0 Å². The molecule has 0 saturated heterocycles. The summed E-state index contributed by atoms with van der Waals surface area (Å²) in [5.41, 5.74) is 2.70. The van der Waals surface area contributed by atoms with E-state index < -0.39 is 0 Å². The van der Waals surface area contributed by atoms with Gasteiger partial charge in [-0.3, -0.25) is 4.90 Å². The van der Waals surface area contributed by atoms with Gasteiger partial charge in [-0.05, 0) is 29.7 Å². The highest BCUT2D eigenvalue weighted by molar-refractivity contribution is 6.30. The van der Waals surface area contributed by atoms with E-state index in [4.69, 9.17) is 16.7 Å². The minimum Gasteiger partial charge on any atom is -0.395 e. The van der Waals surface area contributed by atoms with Crippen LogP contribution in [0.1, 0.15) is 11.1 Å². The van der Waals surface area contributed by atoms with Gasteiger partial charge < -0.3 is 5.11 Å². The molecule has 14 heavy (non-hydrogen) atoms. The predicted molar refractivity (Wildman–Crippen MR) is 57.5 cm³/mol. The second-order valence-corrected chi connectivity index (χ2v) is 4.10. The van der Waals surface area contributed by atoms with Gasteiger partial charge in [0.2, 0.25) is 0 Å². The summed E-state index contributed by atoms with van der Waals surface area (Å²) in [4.78, 5) is 2.26. The van der Waals surface area contributed by atoms with E-state index in [1.54, 1.807) is 0 Å². The molecule has 2 rings (SSSR count). The van der Waals surface area contributed by atoms with Crippen LogP contribution in [0.4, 0.5) is 0 Å². The molecular formula is C11H14ClNO. The number of rotatable bonds is 2. The fourth-order valence-corrected chi connectivity index (χ4v) is 2.11. The first-order valence-electron chi connectivity index (χ1n) is 4.90. The Balaban J connectivity index is 2.15. The summed E-state index contributed by atoms with van der Waals surface area (Å²) in [5, 5.41) is 9.67. The standard InChI is InChI=1S/C11H14ClNO/c12-11-2-1-10-8-13(5-6-14)4-3-9(10)7-11/h1-2,7,14H,3-6,8H2. The second kappa shape index (κ2) is 4.30. The Morgan fingerprint density at radius 1 is 1.36 bits per heavy atom. The Morgan fingerprint density at radius 3 is 3.00 bits per heavy atom. The smallest absolute Gasteiger partial charge is 0.0558 e. The van der Waals surface area contributed by atoms with Crippen LogP contribution in [0.15, 0.2) is 18.2 Å². The van der Waals surface area contributed by atoms with Crippen LogP contribution in [0.25, 0.3) is 0 Å². The van der Waals surface area contributed by atoms with Crippen molar-refractivity contribution in [3.63, 3.8) is 0 Å². The molecule has 0 saturated carbocycles. The van der Waals surface area contributed by atoms with E-state index in [-0.39, 0.29) is 6.61 Å². The van der Waals surface area contributed by atoms with E-state index in [1.165, 1.54) is 11.1 Å². The number of hydrogen-bond donors (Lipinski definition) is 1. The van der Waals surface area contributed by atoms with E-state index in [2.05, 4.69) is 11.0 Å². The van der Waals surface area contributed by atoms with Crippen molar-refractivity contribution < 1.29 is 5.11 Å². The second-order valence-electron chi connectivity index (χ2n) is 3.66. The molecule has 1 aliphatic heterocycles. The molecule has 0 aromatic heterocycles. The van der Waals surface area contributed by atoms with Crippen LogP contribution >= 0.6 is 11.6 Å². The lowest BCUT2D eigenvalue weighted by molar-refractivity contribution is 0.184. The van der Waals surface area contributed by atoms with Gasteiger partial charge in [0.15, 0.2) is 0 Å². The lowest BCUT2D eigenvalue weighted by Crippen LogP contribution is -2.32. The SMILES string of the molecule is OCCN1CCc2cc(Cl)ccc2C1. The molecule has 1 N–H and O–H groups in total. The molecule has 2 nitrogen and oxygen atoms in total. The molecule has 0 aliphatic carbocycles. The average Bonchev–Trinajstić information content (AvgIpc) is 2.19. The molecule has 0 fully saturated rings. The van der Waals surface area contributed by atoms with Crippen molar-refractivity contribution in [2.75, 3.05) is 19.7 Å². The highest BCUT2D eigenvalue weighted by Crippen LogP contribution is 2.22. The van der Waals surface area contributed by atoms with Gasteiger partial charge >= 0.3 is 0 Å². The van der Waals surface area contributed by atoms with Crippen molar-refractivity contribution in [2.45, 2.75) is 13.0 Å². The first-order chi connectivity index (χ1) is 6.79. The van der Waals surface area contributed by atoms with E-state index in [9.17, 15) is 0 Å². The van der Waals surface area contributed by atoms with E-state index in [0.29, 0.717) is 0 Å². The zero-order valence-corrected chi connectivity index (χ0v) is 8.80. The summed E-state index contributed by atoms with van der Waals surface area (Å²) in [7, 11) is 0. The summed E-state index contributed by atoms with van der Waals surface area (Å²) < 4.78 is 0. The van der Waals surface area contributed by atoms with Crippen molar-refractivity contribution in [2.24, 2.45) is 0 Å². The number of nitrogens with zero attached hydrogens (tertiary/aromatic N) is 1. The molecule has 0 amide bonds. The molecule has 1 aromatic rings. The minimum absolute atomic E-state index is 0.239. The molecule has 0 spiro atoms. The van der Waals surface area contributed by atoms with Gasteiger partial charge in [-0.1, -0.05) is 17.7 Å². The largest absolute Gasteiger partial charge is 0.395 e. The van der Waals surface area contributed by atoms with Crippen LogP contribution in [-0.4, -0.2) is 29.7 Å². The summed E-state index contributed by atoms with van der Waals surface area (Å²) in [6.07, 6.45) is 1.04. The van der Waals surface area contributed by atoms with Gasteiger partial charge in [-0.15, -0.1) is 0 Å². The first-order valence-corrected chi connectivity index (χ1v) is 5.28. The Hall–Kier alpha value is -0.570. The first kappa shape index (κ1) is 9.97. The highest BCUT2D eigenvalue weighted by Gasteiger charge is 2.15. The monoisotopic (exact) mass is 211 g/mol. The molecule has 1 aromatic carbocycles. The summed E-state index contributed by atoms with van der Waals surface area (Å²) in [6, 6.07) is 6.07. The Morgan fingerprint density at radius 2 is 2.21 bits per heavy atom. The lowest BCUT2D eigenvalue weighted by Gasteiger charge is -2.28. The fraction of sp³-hybridized carbons (Fsp3) is 0.455. The number of β-amino-alcohol motifs (C(OH)–C–C–N with tert-alkyl or cyclic N) is 1. The Labute approximate surface area is 89.1 Å². The van der Waals surface area contributed by atoms with Crippen LogP contribution in [-0.2, 0) is 13.0 Å². The van der Waals surface area contributed by atoms with Crippen LogP contribution < -0.4 is 0 Å². The quantitative estimate of drug-likeness (QED) is 0.805. The Kier molecular flexibility index (Phi) is 3.06. The van der Waals surface area contributed by atoms with Gasteiger partial charge in [-0.25, -0.2) is 0 Å². The van der Waals surface area contributed by atoms with Gasteiger partial charge in [0.05, 0.1) is 6.61 Å². The van der Waals surface area contributed by atoms with Gasteiger partial charge in [0, 0.05) is 24.7 Å². The zero-order valence-electron chi connectivity index (χ0n) is 8.04. The van der Waals surface area contributed by atoms with Gasteiger partial charge in [-0.2, -0.15) is 0 Å². The number of fused-ring (bicyclic) bond motifs is 1. The predicted octanol–water partition coefficient (Wildman–Crippen LogP) is 1.69. The maximum absolute atomic E-state index is 8.85. The van der Waals surface area contributed by atoms with Crippen LogP contribution in [0.2, 0.25) is 5.02 Å². The third-order valence-corrected chi connectivity index (χ3v) is 2.91. The van der Waals surface area contributed by atoms with Crippen molar-refractivity contribution in [3.8, 4) is 0 Å². The zero-order chi connectivity index (χ0) is 9.97. The molecule has 0 atom stereocenters. The number of aliphatic hydroxyl groups excluding tert-OH is 1. The number of hydrogen-bond acceptors (Lipinski definition) is 2. The number of halogens is 1. The lowest BCUT2D eigenvalue weighted by atomic mass is 10.00. The van der Waals surface area contributed by atoms with Crippen molar-refractivity contribution in [3.05, 3.63) is 34.3 Å². The molecule has 0 unspecified atom stereocenters. The maximum atomic E-state index is 8.85. The number of benzene rings is 1. The Bertz CT molecular complexity index is 327. The normalized spacial score (nSPS) is 16.7. The average molecular weight is 212 g/mol. The molecular weight excluding hydrogens is 198 g/mol. The van der Waals surface area contributed by atoms with Crippen molar-refractivity contribution in [1.29, 1.82) is 0 Å². The molecule has 0 radical (unpaired) electrons. The molecule has 1 aliphatic rings. The minimum atomic E-state index is 0.239. The molecule has 3 heteroatoms. The van der Waals surface area contributed by atoms with E-state index in [0.717, 1.165) is 31.1 Å². The topological polar surface area (TPSA) is 23.5 Å². The summed E-state index contributed by atoms with van der Waals surface area (Å²) in [5.74, 6) is 0. The maximum Gasteiger partial charge on any atom is 0.0558 e. The van der Waals surface area contributed by atoms with Gasteiger partial charge in [0.25, 0.3) is 0 Å². The highest BCUT2D eigenvalue weighted by atomic mass is 35.5. The van der Waals surface area contributed by atoms with Crippen LogP contribution in [0.3, 0.4) is 0 Å².